The van der Waals surface area contributed by atoms with Gasteiger partial charge in [0.05, 0.1) is 6.42 Å². The molecule has 0 spiro atoms. The molecule has 2 rings (SSSR count). The standard InChI is InChI=1S/C12H21NO2/c1-2-8-3-9-5-12(7-13,6-11(14)15)10(9)4-8/h8-10H,2-7,13H2,1H3,(H,14,15)/t8-,9?,10?,12-/m0/s1. The van der Waals surface area contributed by atoms with E-state index >= 15 is 0 Å². The van der Waals surface area contributed by atoms with Gasteiger partial charge in [0.2, 0.25) is 0 Å². The van der Waals surface area contributed by atoms with Crippen LogP contribution in [0.25, 0.3) is 0 Å². The molecule has 2 unspecified atom stereocenters. The van der Waals surface area contributed by atoms with Crippen molar-refractivity contribution in [2.45, 2.75) is 39.0 Å². The predicted octanol–water partition coefficient (Wildman–Crippen LogP) is 1.86. The fourth-order valence-electron chi connectivity index (χ4n) is 3.87. The third-order valence-electron chi connectivity index (χ3n) is 4.73. The Labute approximate surface area is 91.0 Å². The average molecular weight is 211 g/mol. The summed E-state index contributed by atoms with van der Waals surface area (Å²) >= 11 is 0. The van der Waals surface area contributed by atoms with Crippen LogP contribution >= 0.6 is 0 Å². The smallest absolute Gasteiger partial charge is 0.303 e. The van der Waals surface area contributed by atoms with Gasteiger partial charge in [0, 0.05) is 0 Å². The minimum Gasteiger partial charge on any atom is -0.481 e. The normalized spacial score (nSPS) is 43.5. The van der Waals surface area contributed by atoms with Crippen molar-refractivity contribution >= 4 is 5.97 Å². The Morgan fingerprint density at radius 1 is 1.53 bits per heavy atom. The number of carbonyl (C=O) groups is 1. The molecule has 0 aliphatic heterocycles. The Hall–Kier alpha value is -0.570. The van der Waals surface area contributed by atoms with Crippen molar-refractivity contribution in [3.8, 4) is 0 Å². The first kappa shape index (κ1) is 10.9. The van der Waals surface area contributed by atoms with Crippen molar-refractivity contribution in [2.24, 2.45) is 28.9 Å². The summed E-state index contributed by atoms with van der Waals surface area (Å²) in [5.74, 6) is 1.52. The highest BCUT2D eigenvalue weighted by molar-refractivity contribution is 5.68. The van der Waals surface area contributed by atoms with Gasteiger partial charge in [-0.25, -0.2) is 0 Å². The van der Waals surface area contributed by atoms with E-state index in [0.29, 0.717) is 12.5 Å². The highest BCUT2D eigenvalue weighted by atomic mass is 16.4. The molecule has 0 heterocycles. The number of aliphatic carboxylic acids is 1. The number of hydrogen-bond donors (Lipinski definition) is 2. The number of carboxylic acid groups (broad SMARTS) is 1. The molecule has 0 aromatic carbocycles. The van der Waals surface area contributed by atoms with Crippen molar-refractivity contribution in [1.82, 2.24) is 0 Å². The van der Waals surface area contributed by atoms with Gasteiger partial charge in [0.1, 0.15) is 0 Å². The second-order valence-electron chi connectivity index (χ2n) is 5.45. The molecule has 0 amide bonds. The van der Waals surface area contributed by atoms with E-state index in [1.165, 1.54) is 19.3 Å². The number of fused-ring (bicyclic) bond motifs is 1. The molecule has 2 aliphatic rings. The van der Waals surface area contributed by atoms with Crippen LogP contribution in [0.1, 0.15) is 39.0 Å². The maximum Gasteiger partial charge on any atom is 0.303 e. The Kier molecular flexibility index (Phi) is 2.75. The van der Waals surface area contributed by atoms with Crippen LogP contribution in [-0.2, 0) is 4.79 Å². The lowest BCUT2D eigenvalue weighted by Crippen LogP contribution is -2.51. The van der Waals surface area contributed by atoms with Crippen molar-refractivity contribution in [3.63, 3.8) is 0 Å². The highest BCUT2D eigenvalue weighted by Gasteiger charge is 2.57. The predicted molar refractivity (Wildman–Crippen MR) is 58.4 cm³/mol. The maximum absolute atomic E-state index is 10.9. The van der Waals surface area contributed by atoms with Crippen LogP contribution < -0.4 is 5.73 Å². The van der Waals surface area contributed by atoms with Crippen LogP contribution in [0.2, 0.25) is 0 Å². The zero-order valence-electron chi connectivity index (χ0n) is 9.41. The lowest BCUT2D eigenvalue weighted by atomic mass is 9.53. The number of carboxylic acids is 1. The molecule has 0 bridgehead atoms. The molecule has 86 valence electrons. The summed E-state index contributed by atoms with van der Waals surface area (Å²) < 4.78 is 0. The summed E-state index contributed by atoms with van der Waals surface area (Å²) in [6.07, 6.45) is 5.09. The fraction of sp³-hybridized carbons (Fsp3) is 0.917. The van der Waals surface area contributed by atoms with E-state index < -0.39 is 5.97 Å². The van der Waals surface area contributed by atoms with Gasteiger partial charge in [-0.05, 0) is 49.0 Å². The molecule has 4 atom stereocenters. The molecule has 2 saturated carbocycles. The van der Waals surface area contributed by atoms with E-state index in [2.05, 4.69) is 6.92 Å². The topological polar surface area (TPSA) is 63.3 Å². The average Bonchev–Trinajstić information content (AvgIpc) is 2.53. The van der Waals surface area contributed by atoms with Crippen LogP contribution in [0.15, 0.2) is 0 Å². The molecular formula is C12H21NO2. The van der Waals surface area contributed by atoms with Crippen molar-refractivity contribution in [2.75, 3.05) is 6.54 Å². The van der Waals surface area contributed by atoms with E-state index in [1.807, 2.05) is 0 Å². The minimum absolute atomic E-state index is 0.0551. The van der Waals surface area contributed by atoms with E-state index in [4.69, 9.17) is 10.8 Å². The zero-order valence-corrected chi connectivity index (χ0v) is 9.41. The van der Waals surface area contributed by atoms with Crippen LogP contribution in [0.3, 0.4) is 0 Å². The van der Waals surface area contributed by atoms with Crippen molar-refractivity contribution in [1.29, 1.82) is 0 Å². The molecule has 3 nitrogen and oxygen atoms in total. The van der Waals surface area contributed by atoms with Crippen molar-refractivity contribution < 1.29 is 9.90 Å². The van der Waals surface area contributed by atoms with Crippen LogP contribution in [-0.4, -0.2) is 17.6 Å². The first-order valence-electron chi connectivity index (χ1n) is 6.03. The van der Waals surface area contributed by atoms with Gasteiger partial charge in [-0.1, -0.05) is 13.3 Å². The molecule has 0 radical (unpaired) electrons. The molecule has 3 heteroatoms. The Balaban J connectivity index is 2.03. The van der Waals surface area contributed by atoms with Gasteiger partial charge in [-0.3, -0.25) is 4.79 Å². The summed E-state index contributed by atoms with van der Waals surface area (Å²) in [5.41, 5.74) is 5.74. The van der Waals surface area contributed by atoms with Gasteiger partial charge in [0.15, 0.2) is 0 Å². The Morgan fingerprint density at radius 3 is 2.80 bits per heavy atom. The second-order valence-corrected chi connectivity index (χ2v) is 5.45. The zero-order chi connectivity index (χ0) is 11.1. The van der Waals surface area contributed by atoms with Gasteiger partial charge in [-0.15, -0.1) is 0 Å². The SMILES string of the molecule is CC[C@H]1CC2C[C@@](CN)(CC(=O)O)C2C1. The van der Waals surface area contributed by atoms with Gasteiger partial charge >= 0.3 is 5.97 Å². The van der Waals surface area contributed by atoms with Crippen LogP contribution in [0.4, 0.5) is 0 Å². The van der Waals surface area contributed by atoms with E-state index in [9.17, 15) is 4.79 Å². The van der Waals surface area contributed by atoms with Gasteiger partial charge < -0.3 is 10.8 Å². The third-order valence-corrected chi connectivity index (χ3v) is 4.73. The summed E-state index contributed by atoms with van der Waals surface area (Å²) in [6, 6.07) is 0. The van der Waals surface area contributed by atoms with E-state index in [1.54, 1.807) is 0 Å². The quantitative estimate of drug-likeness (QED) is 0.746. The molecule has 15 heavy (non-hydrogen) atoms. The van der Waals surface area contributed by atoms with Crippen LogP contribution in [0.5, 0.6) is 0 Å². The number of rotatable bonds is 4. The maximum atomic E-state index is 10.9. The first-order valence-corrected chi connectivity index (χ1v) is 6.03. The third kappa shape index (κ3) is 1.67. The van der Waals surface area contributed by atoms with E-state index in [0.717, 1.165) is 18.3 Å². The lowest BCUT2D eigenvalue weighted by molar-refractivity contribution is -0.145. The summed E-state index contributed by atoms with van der Waals surface area (Å²) in [5, 5.41) is 8.93. The molecule has 2 fully saturated rings. The highest BCUT2D eigenvalue weighted by Crippen LogP contribution is 2.62. The number of nitrogens with two attached hydrogens (primary N) is 1. The molecule has 0 aromatic heterocycles. The molecule has 0 aromatic rings. The number of hydrogen-bond acceptors (Lipinski definition) is 2. The van der Waals surface area contributed by atoms with Gasteiger partial charge in [0.25, 0.3) is 0 Å². The molecule has 0 saturated heterocycles. The second kappa shape index (κ2) is 3.78. The Morgan fingerprint density at radius 2 is 2.27 bits per heavy atom. The van der Waals surface area contributed by atoms with E-state index in [-0.39, 0.29) is 11.8 Å². The van der Waals surface area contributed by atoms with Crippen LogP contribution in [0, 0.1) is 23.2 Å². The summed E-state index contributed by atoms with van der Waals surface area (Å²) in [6.45, 7) is 2.79. The summed E-state index contributed by atoms with van der Waals surface area (Å²) in [4.78, 5) is 10.9. The largest absolute Gasteiger partial charge is 0.481 e. The summed E-state index contributed by atoms with van der Waals surface area (Å²) in [7, 11) is 0. The monoisotopic (exact) mass is 211 g/mol. The van der Waals surface area contributed by atoms with Crippen molar-refractivity contribution in [3.05, 3.63) is 0 Å². The minimum atomic E-state index is -0.682. The molecule has 2 aliphatic carbocycles. The molecule has 3 N–H and O–H groups in total. The first-order chi connectivity index (χ1) is 7.11. The molecular weight excluding hydrogens is 190 g/mol. The fourth-order valence-corrected chi connectivity index (χ4v) is 3.87. The lowest BCUT2D eigenvalue weighted by Gasteiger charge is -2.51. The Bertz CT molecular complexity index is 266. The van der Waals surface area contributed by atoms with Gasteiger partial charge in [-0.2, -0.15) is 0 Å².